The number of phosphoric acid groups is 1. The summed E-state index contributed by atoms with van der Waals surface area (Å²) < 4.78 is 32.6. The number of esters is 2. The van der Waals surface area contributed by atoms with Crippen LogP contribution in [0.15, 0.2) is 60.8 Å². The number of ether oxygens (including phenoxy) is 2. The summed E-state index contributed by atoms with van der Waals surface area (Å²) in [5.74, 6) is -2.42. The van der Waals surface area contributed by atoms with E-state index in [9.17, 15) is 23.8 Å². The fourth-order valence-corrected chi connectivity index (χ4v) is 5.89. The van der Waals surface area contributed by atoms with Gasteiger partial charge in [0.15, 0.2) is 6.10 Å². The number of hydrogen-bond donors (Lipinski definition) is 3. The Bertz CT molecular complexity index is 1150. The zero-order valence-electron chi connectivity index (χ0n) is 33.3. The molecule has 0 fully saturated rings. The molecule has 0 aromatic carbocycles. The first-order valence-corrected chi connectivity index (χ1v) is 21.9. The second kappa shape index (κ2) is 37.1. The molecule has 11 nitrogen and oxygen atoms in total. The Hall–Kier alpha value is -2.82. The number of nitrogens with two attached hydrogens (primary N) is 1. The molecule has 0 spiro atoms. The first-order valence-electron chi connectivity index (χ1n) is 20.4. The number of carboxylic acid groups (broad SMARTS) is 1. The average Bonchev–Trinajstić information content (AvgIpc) is 3.14. The third kappa shape index (κ3) is 36.2. The zero-order valence-corrected chi connectivity index (χ0v) is 34.2. The van der Waals surface area contributed by atoms with Crippen molar-refractivity contribution in [2.75, 3.05) is 19.8 Å². The molecule has 0 aliphatic heterocycles. The largest absolute Gasteiger partial charge is 0.480 e. The minimum atomic E-state index is -4.72. The van der Waals surface area contributed by atoms with Gasteiger partial charge in [-0.15, -0.1) is 0 Å². The second-order valence-electron chi connectivity index (χ2n) is 13.5. The van der Waals surface area contributed by atoms with Crippen LogP contribution in [-0.4, -0.2) is 59.9 Å². The van der Waals surface area contributed by atoms with E-state index < -0.39 is 51.1 Å². The van der Waals surface area contributed by atoms with E-state index in [1.165, 1.54) is 51.4 Å². The summed E-state index contributed by atoms with van der Waals surface area (Å²) in [5.41, 5.74) is 5.32. The number of carbonyl (C=O) groups is 3. The molecule has 0 aliphatic carbocycles. The molecule has 0 amide bonds. The topological polar surface area (TPSA) is 172 Å². The minimum Gasteiger partial charge on any atom is -0.480 e. The third-order valence-corrected chi connectivity index (χ3v) is 9.29. The van der Waals surface area contributed by atoms with E-state index in [1.807, 2.05) is 36.5 Å². The Morgan fingerprint density at radius 3 is 1.61 bits per heavy atom. The highest BCUT2D eigenvalue weighted by atomic mass is 31.2. The first kappa shape index (κ1) is 51.2. The van der Waals surface area contributed by atoms with Crippen molar-refractivity contribution in [1.82, 2.24) is 0 Å². The molecule has 0 heterocycles. The third-order valence-electron chi connectivity index (χ3n) is 8.34. The maximum absolute atomic E-state index is 12.6. The lowest BCUT2D eigenvalue weighted by atomic mass is 10.1. The van der Waals surface area contributed by atoms with Crippen LogP contribution in [0, 0.1) is 0 Å². The van der Waals surface area contributed by atoms with E-state index in [0.717, 1.165) is 64.2 Å². The van der Waals surface area contributed by atoms with Gasteiger partial charge in [0.05, 0.1) is 13.2 Å². The first-order chi connectivity index (χ1) is 26.1. The van der Waals surface area contributed by atoms with Gasteiger partial charge in [-0.2, -0.15) is 0 Å². The van der Waals surface area contributed by atoms with Crippen LogP contribution in [0.4, 0.5) is 0 Å². The van der Waals surface area contributed by atoms with Crippen LogP contribution in [0.3, 0.4) is 0 Å². The molecular formula is C42H72NO10P. The predicted molar refractivity (Wildman–Crippen MR) is 217 cm³/mol. The molecule has 310 valence electrons. The monoisotopic (exact) mass is 781 g/mol. The molecule has 0 rings (SSSR count). The lowest BCUT2D eigenvalue weighted by Gasteiger charge is -2.20. The lowest BCUT2D eigenvalue weighted by Crippen LogP contribution is -2.34. The Labute approximate surface area is 326 Å². The summed E-state index contributed by atoms with van der Waals surface area (Å²) >= 11 is 0. The van der Waals surface area contributed by atoms with Crippen molar-refractivity contribution in [3.8, 4) is 0 Å². The van der Waals surface area contributed by atoms with Crippen LogP contribution in [0.2, 0.25) is 0 Å². The number of allylic oxidation sites excluding steroid dienone is 10. The maximum Gasteiger partial charge on any atom is 0.472 e. The molecule has 3 atom stereocenters. The van der Waals surface area contributed by atoms with Gasteiger partial charge < -0.3 is 25.2 Å². The van der Waals surface area contributed by atoms with E-state index in [2.05, 4.69) is 42.7 Å². The number of hydrogen-bond acceptors (Lipinski definition) is 9. The molecule has 4 N–H and O–H groups in total. The Balaban J connectivity index is 4.45. The van der Waals surface area contributed by atoms with Crippen molar-refractivity contribution in [3.05, 3.63) is 60.8 Å². The van der Waals surface area contributed by atoms with Crippen molar-refractivity contribution < 1.29 is 47.5 Å². The number of rotatable bonds is 37. The Morgan fingerprint density at radius 2 is 1.06 bits per heavy atom. The minimum absolute atomic E-state index is 0.151. The van der Waals surface area contributed by atoms with Crippen molar-refractivity contribution >= 4 is 25.7 Å². The van der Waals surface area contributed by atoms with Crippen molar-refractivity contribution in [3.63, 3.8) is 0 Å². The summed E-state index contributed by atoms with van der Waals surface area (Å²) in [7, 11) is -4.72. The quantitative estimate of drug-likeness (QED) is 0.0180. The van der Waals surface area contributed by atoms with Gasteiger partial charge in [-0.25, -0.2) is 4.57 Å². The van der Waals surface area contributed by atoms with E-state index in [1.54, 1.807) is 0 Å². The lowest BCUT2D eigenvalue weighted by molar-refractivity contribution is -0.161. The molecule has 0 radical (unpaired) electrons. The number of unbranched alkanes of at least 4 members (excludes halogenated alkanes) is 16. The van der Waals surface area contributed by atoms with Crippen LogP contribution in [0.5, 0.6) is 0 Å². The van der Waals surface area contributed by atoms with Gasteiger partial charge >= 0.3 is 25.7 Å². The number of carbonyl (C=O) groups excluding carboxylic acids is 2. The smallest absolute Gasteiger partial charge is 0.472 e. The van der Waals surface area contributed by atoms with Gasteiger partial charge in [0.2, 0.25) is 0 Å². The van der Waals surface area contributed by atoms with E-state index in [4.69, 9.17) is 24.8 Å². The van der Waals surface area contributed by atoms with Gasteiger partial charge in [-0.3, -0.25) is 23.4 Å². The molecule has 0 saturated heterocycles. The normalized spacial score (nSPS) is 14.4. The summed E-state index contributed by atoms with van der Waals surface area (Å²) in [6.07, 6.45) is 41.4. The molecular weight excluding hydrogens is 709 g/mol. The maximum atomic E-state index is 12.6. The zero-order chi connectivity index (χ0) is 40.0. The molecule has 0 bridgehead atoms. The molecule has 1 unspecified atom stereocenters. The fourth-order valence-electron chi connectivity index (χ4n) is 5.11. The van der Waals surface area contributed by atoms with Gasteiger partial charge in [0.25, 0.3) is 0 Å². The molecule has 12 heteroatoms. The highest BCUT2D eigenvalue weighted by molar-refractivity contribution is 7.47. The molecule has 54 heavy (non-hydrogen) atoms. The van der Waals surface area contributed by atoms with E-state index in [0.29, 0.717) is 12.8 Å². The van der Waals surface area contributed by atoms with Gasteiger partial charge in [0, 0.05) is 12.8 Å². The number of carboxylic acids is 1. The van der Waals surface area contributed by atoms with Gasteiger partial charge in [-0.1, -0.05) is 152 Å². The van der Waals surface area contributed by atoms with Crippen molar-refractivity contribution in [2.45, 2.75) is 167 Å². The fraction of sp³-hybridized carbons (Fsp3) is 0.690. The summed E-state index contributed by atoms with van der Waals surface area (Å²) in [6.45, 7) is 2.59. The van der Waals surface area contributed by atoms with Crippen molar-refractivity contribution in [2.24, 2.45) is 5.73 Å². The van der Waals surface area contributed by atoms with E-state index >= 15 is 0 Å². The summed E-state index contributed by atoms with van der Waals surface area (Å²) in [5, 5.41) is 8.87. The van der Waals surface area contributed by atoms with Crippen LogP contribution in [0.1, 0.15) is 155 Å². The van der Waals surface area contributed by atoms with Crippen LogP contribution in [-0.2, 0) is 37.5 Å². The molecule has 0 aliphatic rings. The molecule has 0 aromatic rings. The van der Waals surface area contributed by atoms with Crippen LogP contribution in [0.25, 0.3) is 0 Å². The standard InChI is InChI=1S/C42H72NO10P/c1-3-5-7-9-11-13-15-17-19-21-23-25-27-29-31-33-40(44)50-35-38(36-51-54(48,49)52-37-39(43)42(46)47)53-41(45)34-32-30-28-26-24-22-20-18-16-14-12-10-8-6-4-2/h5,7,9-13,15,17,19,38-39H,3-4,6,8,14,16,18,20-37,43H2,1-2H3,(H,46,47)(H,48,49)/b7-5+,11-9+,12-10+,15-13+,19-17+/t38-,39+/m1/s1. The average molecular weight is 782 g/mol. The van der Waals surface area contributed by atoms with Crippen LogP contribution >= 0.6 is 7.82 Å². The summed E-state index contributed by atoms with van der Waals surface area (Å²) in [4.78, 5) is 45.9. The van der Waals surface area contributed by atoms with Crippen LogP contribution < -0.4 is 5.73 Å². The number of phosphoric ester groups is 1. The van der Waals surface area contributed by atoms with Crippen molar-refractivity contribution in [1.29, 1.82) is 0 Å². The number of aliphatic carboxylic acids is 1. The molecule has 0 saturated carbocycles. The Morgan fingerprint density at radius 1 is 0.593 bits per heavy atom. The summed E-state index contributed by atoms with van der Waals surface area (Å²) in [6, 6.07) is -1.53. The van der Waals surface area contributed by atoms with E-state index in [-0.39, 0.29) is 19.4 Å². The van der Waals surface area contributed by atoms with Gasteiger partial charge in [-0.05, 0) is 51.4 Å². The highest BCUT2D eigenvalue weighted by Crippen LogP contribution is 2.43. The second-order valence-corrected chi connectivity index (χ2v) is 14.9. The SMILES string of the molecule is CC/C=C/C=C/C=C/C=C/CCCCCCCC(=O)OC[C@H](COP(=O)(O)OC[C@H](N)C(=O)O)OC(=O)CCCCCCCCCCC/C=C/CCCC. The Kier molecular flexibility index (Phi) is 35.2. The highest BCUT2D eigenvalue weighted by Gasteiger charge is 2.28. The predicted octanol–water partition coefficient (Wildman–Crippen LogP) is 10.4. The van der Waals surface area contributed by atoms with Gasteiger partial charge in [0.1, 0.15) is 12.6 Å². The molecule has 0 aromatic heterocycles.